The van der Waals surface area contributed by atoms with Crippen molar-refractivity contribution in [2.75, 3.05) is 6.61 Å². The normalized spacial score (nSPS) is 17.6. The van der Waals surface area contributed by atoms with E-state index in [2.05, 4.69) is 20.7 Å². The lowest BCUT2D eigenvalue weighted by molar-refractivity contribution is 0.236. The average molecular weight is 197 g/mol. The van der Waals surface area contributed by atoms with Crippen molar-refractivity contribution in [3.05, 3.63) is 0 Å². The van der Waals surface area contributed by atoms with Gasteiger partial charge in [0, 0.05) is 4.57 Å². The van der Waals surface area contributed by atoms with Crippen molar-refractivity contribution in [2.24, 2.45) is 5.92 Å². The van der Waals surface area contributed by atoms with Crippen LogP contribution in [0.25, 0.3) is 0 Å². The van der Waals surface area contributed by atoms with Crippen molar-refractivity contribution >= 4 is 17.5 Å². The Morgan fingerprint density at radius 2 is 2.27 bits per heavy atom. The largest absolute Gasteiger partial charge is 0.694 e. The Morgan fingerprint density at radius 3 is 2.64 bits per heavy atom. The van der Waals surface area contributed by atoms with Gasteiger partial charge in [0.1, 0.15) is 6.61 Å². The van der Waals surface area contributed by atoms with Crippen molar-refractivity contribution in [1.29, 1.82) is 0 Å². The summed E-state index contributed by atoms with van der Waals surface area (Å²) in [5.74, 6) is 0.316. The maximum absolute atomic E-state index is 10.1. The molecule has 0 amide bonds. The topological polar surface area (TPSA) is 46.5 Å². The van der Waals surface area contributed by atoms with Crippen LogP contribution < -0.4 is 0 Å². The van der Waals surface area contributed by atoms with Crippen LogP contribution in [0, 0.1) is 5.92 Å². The molecule has 0 saturated carbocycles. The molecule has 0 saturated heterocycles. The third kappa shape index (κ3) is 5.69. The van der Waals surface area contributed by atoms with Crippen LogP contribution in [0.2, 0.25) is 0 Å². The van der Waals surface area contributed by atoms with Gasteiger partial charge in [-0.2, -0.15) is 0 Å². The molecule has 66 valence electrons. The Kier molecular flexibility index (Phi) is 6.27. The van der Waals surface area contributed by atoms with Crippen molar-refractivity contribution in [2.45, 2.75) is 25.9 Å². The van der Waals surface area contributed by atoms with E-state index < -0.39 is 8.25 Å². The van der Waals surface area contributed by atoms with Crippen molar-refractivity contribution in [3.8, 4) is 0 Å². The molecular formula is C6H15O3P2+. The van der Waals surface area contributed by atoms with Gasteiger partial charge in [-0.3, -0.25) is 0 Å². The first-order chi connectivity index (χ1) is 5.07. The summed E-state index contributed by atoms with van der Waals surface area (Å²) in [5.41, 5.74) is 0.463. The molecule has 0 heterocycles. The fourth-order valence-electron chi connectivity index (χ4n) is 0.707. The van der Waals surface area contributed by atoms with Crippen LogP contribution in [0.4, 0.5) is 0 Å². The van der Waals surface area contributed by atoms with E-state index in [9.17, 15) is 4.57 Å². The van der Waals surface area contributed by atoms with E-state index >= 15 is 0 Å². The van der Waals surface area contributed by atoms with E-state index in [1.807, 2.05) is 6.92 Å². The van der Waals surface area contributed by atoms with Crippen LogP contribution in [-0.4, -0.2) is 17.2 Å². The lowest BCUT2D eigenvalue weighted by Crippen LogP contribution is -2.14. The first-order valence-corrected chi connectivity index (χ1v) is 5.42. The monoisotopic (exact) mass is 197 g/mol. The summed E-state index contributed by atoms with van der Waals surface area (Å²) in [6.07, 6.45) is 1.04. The van der Waals surface area contributed by atoms with Crippen molar-refractivity contribution in [3.63, 3.8) is 0 Å². The molecule has 0 aromatic heterocycles. The van der Waals surface area contributed by atoms with E-state index in [-0.39, 0.29) is 0 Å². The minimum atomic E-state index is -2.42. The highest BCUT2D eigenvalue weighted by Gasteiger charge is 2.18. The molecule has 4 atom stereocenters. The predicted octanol–water partition coefficient (Wildman–Crippen LogP) is 1.94. The smallest absolute Gasteiger partial charge is 0.134 e. The van der Waals surface area contributed by atoms with E-state index in [4.69, 9.17) is 4.89 Å². The highest BCUT2D eigenvalue weighted by atomic mass is 31.1. The lowest BCUT2D eigenvalue weighted by atomic mass is 10.1. The molecule has 3 unspecified atom stereocenters. The zero-order valence-corrected chi connectivity index (χ0v) is 8.91. The van der Waals surface area contributed by atoms with Crippen LogP contribution >= 0.6 is 17.5 Å². The van der Waals surface area contributed by atoms with E-state index in [1.54, 1.807) is 0 Å². The van der Waals surface area contributed by atoms with E-state index in [0.717, 1.165) is 6.42 Å². The molecule has 11 heavy (non-hydrogen) atoms. The van der Waals surface area contributed by atoms with Crippen LogP contribution in [0.5, 0.6) is 0 Å². The molecule has 0 spiro atoms. The second-order valence-corrected chi connectivity index (χ2v) is 4.17. The highest BCUT2D eigenvalue weighted by Crippen LogP contribution is 2.22. The molecule has 3 nitrogen and oxygen atoms in total. The van der Waals surface area contributed by atoms with Gasteiger partial charge in [0.15, 0.2) is 0 Å². The summed E-state index contributed by atoms with van der Waals surface area (Å²) in [6.45, 7) is 4.43. The molecule has 0 aliphatic heterocycles. The lowest BCUT2D eigenvalue weighted by Gasteiger charge is -2.13. The van der Waals surface area contributed by atoms with Crippen LogP contribution in [-0.2, 0) is 9.09 Å². The number of hydrogen-bond donors (Lipinski definition) is 1. The van der Waals surface area contributed by atoms with Gasteiger partial charge < -0.3 is 0 Å². The molecule has 0 rings (SSSR count). The second-order valence-electron chi connectivity index (χ2n) is 2.58. The molecule has 1 N–H and O–H groups in total. The van der Waals surface area contributed by atoms with Gasteiger partial charge in [0.05, 0.1) is 0 Å². The summed E-state index contributed by atoms with van der Waals surface area (Å²) >= 11 is 0. The molecule has 5 heteroatoms. The zero-order chi connectivity index (χ0) is 8.85. The first kappa shape index (κ1) is 11.4. The third-order valence-corrected chi connectivity index (χ3v) is 3.15. The van der Waals surface area contributed by atoms with Crippen molar-refractivity contribution in [1.82, 2.24) is 0 Å². The molecule has 0 aliphatic carbocycles. The zero-order valence-electron chi connectivity index (χ0n) is 6.86. The Balaban J connectivity index is 3.51. The Hall–Kier alpha value is 0.450. The van der Waals surface area contributed by atoms with Crippen molar-refractivity contribution < 1.29 is 14.0 Å². The standard InChI is InChI=1S/C6H14O3P2/c1-3-6(10)5(2)4-9-11(7)8/h5-6H,3-4,10H2,1-2H3/p+1/t5-,6?/m1/s1. The van der Waals surface area contributed by atoms with Gasteiger partial charge >= 0.3 is 8.25 Å². The van der Waals surface area contributed by atoms with Gasteiger partial charge in [-0.05, 0) is 18.0 Å². The summed E-state index contributed by atoms with van der Waals surface area (Å²) in [6, 6.07) is 0. The summed E-state index contributed by atoms with van der Waals surface area (Å²) in [7, 11) is 0.277. The summed E-state index contributed by atoms with van der Waals surface area (Å²) in [4.78, 5) is 8.34. The van der Waals surface area contributed by atoms with Crippen LogP contribution in [0.15, 0.2) is 0 Å². The van der Waals surface area contributed by atoms with Gasteiger partial charge in [-0.15, -0.1) is 18.7 Å². The molecule has 0 radical (unpaired) electrons. The first-order valence-electron chi connectivity index (χ1n) is 3.62. The quantitative estimate of drug-likeness (QED) is 0.685. The van der Waals surface area contributed by atoms with Crippen LogP contribution in [0.1, 0.15) is 20.3 Å². The number of rotatable bonds is 5. The van der Waals surface area contributed by atoms with Gasteiger partial charge in [-0.25, -0.2) is 0 Å². The Morgan fingerprint density at radius 1 is 1.73 bits per heavy atom. The minimum Gasteiger partial charge on any atom is -0.134 e. The fraction of sp³-hybridized carbons (Fsp3) is 1.00. The average Bonchev–Trinajstić information content (AvgIpc) is 1.98. The summed E-state index contributed by atoms with van der Waals surface area (Å²) < 4.78 is 14.7. The van der Waals surface area contributed by atoms with Crippen LogP contribution in [0.3, 0.4) is 0 Å². The van der Waals surface area contributed by atoms with E-state index in [1.165, 1.54) is 0 Å². The van der Waals surface area contributed by atoms with Gasteiger partial charge in [0.2, 0.25) is 0 Å². The third-order valence-electron chi connectivity index (χ3n) is 1.65. The minimum absolute atomic E-state index is 0.316. The molecule has 0 aromatic rings. The molecule has 0 aromatic carbocycles. The van der Waals surface area contributed by atoms with E-state index in [0.29, 0.717) is 18.2 Å². The number of hydrogen-bond acceptors (Lipinski definition) is 2. The summed E-state index contributed by atoms with van der Waals surface area (Å²) in [5, 5.41) is 0. The maximum atomic E-state index is 10.1. The SMILES string of the molecule is CCC(P)[C@H](C)CO[P+](=O)O. The predicted molar refractivity (Wildman–Crippen MR) is 48.7 cm³/mol. The molecule has 0 bridgehead atoms. The highest BCUT2D eigenvalue weighted by molar-refractivity contribution is 7.32. The maximum Gasteiger partial charge on any atom is 0.694 e. The molecule has 0 fully saturated rings. The van der Waals surface area contributed by atoms with Gasteiger partial charge in [0.25, 0.3) is 0 Å². The molecule has 0 aliphatic rings. The molecular weight excluding hydrogens is 182 g/mol. The van der Waals surface area contributed by atoms with Gasteiger partial charge in [-0.1, -0.05) is 13.8 Å². The Labute approximate surface area is 70.7 Å². The second kappa shape index (κ2) is 6.02. The Bertz CT molecular complexity index is 129. The fourth-order valence-corrected chi connectivity index (χ4v) is 1.18.